The number of aromatic carboxylic acids is 1. The van der Waals surface area contributed by atoms with Crippen molar-refractivity contribution in [3.05, 3.63) is 131 Å². The van der Waals surface area contributed by atoms with Crippen LogP contribution in [0, 0.1) is 11.6 Å². The molecule has 230 valence electrons. The number of hydrogen-bond acceptors (Lipinski definition) is 4. The molecule has 0 aliphatic carbocycles. The Morgan fingerprint density at radius 2 is 1.51 bits per heavy atom. The number of nitrogens with zero attached hydrogens (tertiary/aromatic N) is 1. The van der Waals surface area contributed by atoms with Crippen molar-refractivity contribution in [3.63, 3.8) is 0 Å². The summed E-state index contributed by atoms with van der Waals surface area (Å²) in [6.07, 6.45) is 7.26. The average Bonchev–Trinajstić information content (AvgIpc) is 3.37. The van der Waals surface area contributed by atoms with Crippen molar-refractivity contribution in [1.82, 2.24) is 4.57 Å². The van der Waals surface area contributed by atoms with Crippen molar-refractivity contribution in [2.75, 3.05) is 13.2 Å². The van der Waals surface area contributed by atoms with Gasteiger partial charge in [0, 0.05) is 18.0 Å². The molecule has 5 aromatic rings. The third kappa shape index (κ3) is 7.75. The minimum Gasteiger partial charge on any atom is -0.494 e. The zero-order chi connectivity index (χ0) is 31.8. The molecule has 7 nitrogen and oxygen atoms in total. The van der Waals surface area contributed by atoms with Crippen molar-refractivity contribution in [2.24, 2.45) is 0 Å². The van der Waals surface area contributed by atoms with Crippen LogP contribution in [0.4, 0.5) is 8.78 Å². The van der Waals surface area contributed by atoms with Gasteiger partial charge in [-0.05, 0) is 65.4 Å². The fraction of sp³-hybridized carbons (Fsp3) is 0.167. The highest BCUT2D eigenvalue weighted by Gasteiger charge is 2.16. The van der Waals surface area contributed by atoms with E-state index in [1.165, 1.54) is 12.1 Å². The van der Waals surface area contributed by atoms with Crippen LogP contribution in [-0.4, -0.2) is 39.9 Å². The van der Waals surface area contributed by atoms with E-state index in [2.05, 4.69) is 0 Å². The van der Waals surface area contributed by atoms with Gasteiger partial charge in [-0.1, -0.05) is 66.7 Å². The molecule has 0 unspecified atom stereocenters. The first-order chi connectivity index (χ1) is 21.8. The summed E-state index contributed by atoms with van der Waals surface area (Å²) >= 11 is 0. The van der Waals surface area contributed by atoms with E-state index >= 15 is 0 Å². The first kappa shape index (κ1) is 31.0. The first-order valence-electron chi connectivity index (χ1n) is 14.4. The SMILES string of the molecule is O=C(O)Cn1cc(Cc2ccccc2C(=O)O)c2cccc(C=Cc3ccc(OCCCCOc4cccc(F)c4F)cc3)c21. The predicted molar refractivity (Wildman–Crippen MR) is 168 cm³/mol. The maximum absolute atomic E-state index is 13.7. The minimum atomic E-state index is -1.01. The summed E-state index contributed by atoms with van der Waals surface area (Å²) in [6.45, 7) is 0.445. The van der Waals surface area contributed by atoms with E-state index in [1.807, 2.05) is 54.6 Å². The summed E-state index contributed by atoms with van der Waals surface area (Å²) in [4.78, 5) is 23.4. The van der Waals surface area contributed by atoms with Crippen LogP contribution in [0.25, 0.3) is 23.1 Å². The number of halogens is 2. The molecule has 45 heavy (non-hydrogen) atoms. The number of rotatable bonds is 14. The Balaban J connectivity index is 1.23. The van der Waals surface area contributed by atoms with Crippen LogP contribution in [0.15, 0.2) is 91.1 Å². The van der Waals surface area contributed by atoms with Gasteiger partial charge in [0.25, 0.3) is 0 Å². The van der Waals surface area contributed by atoms with Gasteiger partial charge in [-0.25, -0.2) is 9.18 Å². The number of carbonyl (C=O) groups is 2. The lowest BCUT2D eigenvalue weighted by Crippen LogP contribution is -2.08. The maximum atomic E-state index is 13.7. The van der Waals surface area contributed by atoms with Gasteiger partial charge in [-0.2, -0.15) is 4.39 Å². The van der Waals surface area contributed by atoms with E-state index in [0.717, 1.165) is 33.7 Å². The third-order valence-electron chi connectivity index (χ3n) is 7.26. The second-order valence-electron chi connectivity index (χ2n) is 10.4. The Hall–Kier alpha value is -5.44. The molecule has 0 saturated carbocycles. The number of fused-ring (bicyclic) bond motifs is 1. The highest BCUT2D eigenvalue weighted by atomic mass is 19.2. The molecule has 0 atom stereocenters. The Morgan fingerprint density at radius 1 is 0.778 bits per heavy atom. The van der Waals surface area contributed by atoms with Crippen LogP contribution in [0.1, 0.15) is 45.5 Å². The Morgan fingerprint density at radius 3 is 2.27 bits per heavy atom. The van der Waals surface area contributed by atoms with Gasteiger partial charge < -0.3 is 24.3 Å². The topological polar surface area (TPSA) is 98.0 Å². The molecule has 0 amide bonds. The van der Waals surface area contributed by atoms with Crippen molar-refractivity contribution in [1.29, 1.82) is 0 Å². The van der Waals surface area contributed by atoms with Crippen molar-refractivity contribution in [2.45, 2.75) is 25.8 Å². The molecule has 0 spiro atoms. The molecule has 0 saturated heterocycles. The molecule has 9 heteroatoms. The average molecular weight is 612 g/mol. The summed E-state index contributed by atoms with van der Waals surface area (Å²) < 4.78 is 39.7. The Labute approximate surface area is 258 Å². The van der Waals surface area contributed by atoms with Gasteiger partial charge in [0.1, 0.15) is 12.3 Å². The Kier molecular flexibility index (Phi) is 9.89. The largest absolute Gasteiger partial charge is 0.494 e. The van der Waals surface area contributed by atoms with Gasteiger partial charge in [0.05, 0.1) is 24.3 Å². The van der Waals surface area contributed by atoms with Crippen molar-refractivity contribution < 1.29 is 38.1 Å². The maximum Gasteiger partial charge on any atom is 0.335 e. The molecule has 2 N–H and O–H groups in total. The van der Waals surface area contributed by atoms with Crippen LogP contribution in [0.2, 0.25) is 0 Å². The molecule has 1 heterocycles. The lowest BCUT2D eigenvalue weighted by Gasteiger charge is -2.09. The quantitative estimate of drug-likeness (QED) is 0.0987. The van der Waals surface area contributed by atoms with E-state index in [4.69, 9.17) is 9.47 Å². The van der Waals surface area contributed by atoms with Gasteiger partial charge in [-0.15, -0.1) is 0 Å². The monoisotopic (exact) mass is 611 g/mol. The summed E-state index contributed by atoms with van der Waals surface area (Å²) in [6, 6.07) is 23.9. The summed E-state index contributed by atoms with van der Waals surface area (Å²) in [5.74, 6) is -3.33. The highest BCUT2D eigenvalue weighted by Crippen LogP contribution is 2.29. The van der Waals surface area contributed by atoms with Crippen LogP contribution in [0.5, 0.6) is 11.5 Å². The number of para-hydroxylation sites is 1. The number of aromatic nitrogens is 1. The van der Waals surface area contributed by atoms with E-state index in [-0.39, 0.29) is 24.5 Å². The second-order valence-corrected chi connectivity index (χ2v) is 10.4. The molecule has 0 bridgehead atoms. The first-order valence-corrected chi connectivity index (χ1v) is 14.4. The Bertz CT molecular complexity index is 1840. The van der Waals surface area contributed by atoms with Crippen LogP contribution >= 0.6 is 0 Å². The highest BCUT2D eigenvalue weighted by molar-refractivity contribution is 5.95. The number of hydrogen-bond donors (Lipinski definition) is 2. The summed E-state index contributed by atoms with van der Waals surface area (Å²) in [7, 11) is 0. The normalized spacial score (nSPS) is 11.2. The molecular weight excluding hydrogens is 580 g/mol. The number of carboxylic acids is 2. The third-order valence-corrected chi connectivity index (χ3v) is 7.26. The molecule has 0 fully saturated rings. The number of carboxylic acid groups (broad SMARTS) is 2. The van der Waals surface area contributed by atoms with Gasteiger partial charge in [-0.3, -0.25) is 4.79 Å². The number of ether oxygens (including phenoxy) is 2. The second kappa shape index (κ2) is 14.4. The van der Waals surface area contributed by atoms with E-state index < -0.39 is 23.6 Å². The molecular formula is C36H31F2NO6. The lowest BCUT2D eigenvalue weighted by molar-refractivity contribution is -0.137. The van der Waals surface area contributed by atoms with Gasteiger partial charge >= 0.3 is 11.9 Å². The fourth-order valence-electron chi connectivity index (χ4n) is 5.13. The van der Waals surface area contributed by atoms with E-state index in [0.29, 0.717) is 37.2 Å². The lowest BCUT2D eigenvalue weighted by atomic mass is 9.98. The molecule has 4 aromatic carbocycles. The minimum absolute atomic E-state index is 0.104. The van der Waals surface area contributed by atoms with Crippen molar-refractivity contribution in [3.8, 4) is 11.5 Å². The standard InChI is InChI=1S/C36H31F2NO6/c37-31-11-6-12-32(34(31)38)45-20-4-3-19-44-28-17-14-24(15-18-28)13-16-25-8-5-10-29-27(22-39(35(25)29)23-33(40)41)21-26-7-1-2-9-30(26)36(42)43/h1-2,5-18,22H,3-4,19-21,23H2,(H,40,41)(H,42,43). The molecule has 0 radical (unpaired) electrons. The van der Waals surface area contributed by atoms with Crippen LogP contribution in [0.3, 0.4) is 0 Å². The number of unbranched alkanes of at least 4 members (excludes halogenated alkanes) is 1. The van der Waals surface area contributed by atoms with E-state index in [1.54, 1.807) is 35.0 Å². The molecule has 0 aliphatic rings. The smallest absolute Gasteiger partial charge is 0.335 e. The number of aliphatic carboxylic acids is 1. The van der Waals surface area contributed by atoms with E-state index in [9.17, 15) is 28.6 Å². The molecule has 1 aromatic heterocycles. The fourth-order valence-corrected chi connectivity index (χ4v) is 5.13. The van der Waals surface area contributed by atoms with Crippen LogP contribution < -0.4 is 9.47 Å². The van der Waals surface area contributed by atoms with Crippen LogP contribution in [-0.2, 0) is 17.8 Å². The molecule has 0 aliphatic heterocycles. The zero-order valence-corrected chi connectivity index (χ0v) is 24.3. The van der Waals surface area contributed by atoms with Gasteiger partial charge in [0.15, 0.2) is 11.6 Å². The molecule has 5 rings (SSSR count). The number of benzene rings is 4. The predicted octanol–water partition coefficient (Wildman–Crippen LogP) is 7.70. The summed E-state index contributed by atoms with van der Waals surface area (Å²) in [5.41, 5.74) is 4.19. The zero-order valence-electron chi connectivity index (χ0n) is 24.3. The van der Waals surface area contributed by atoms with Gasteiger partial charge in [0.2, 0.25) is 5.82 Å². The van der Waals surface area contributed by atoms with Crippen molar-refractivity contribution >= 4 is 35.0 Å². The summed E-state index contributed by atoms with van der Waals surface area (Å²) in [5, 5.41) is 20.1.